The topological polar surface area (TPSA) is 45.0 Å². The van der Waals surface area contributed by atoms with Crippen LogP contribution in [0.1, 0.15) is 18.4 Å². The Balaban J connectivity index is 2.40. The summed E-state index contributed by atoms with van der Waals surface area (Å²) >= 11 is 6.08. The summed E-state index contributed by atoms with van der Waals surface area (Å²) in [6, 6.07) is 7.74. The Morgan fingerprint density at radius 2 is 2.31 bits per heavy atom. The van der Waals surface area contributed by atoms with Crippen LogP contribution < -0.4 is 10.1 Å². The lowest BCUT2D eigenvalue weighted by Crippen LogP contribution is -2.14. The molecule has 0 atom stereocenters. The molecule has 0 amide bonds. The van der Waals surface area contributed by atoms with Crippen LogP contribution in [0, 0.1) is 11.3 Å². The third-order valence-electron chi connectivity index (χ3n) is 2.22. The summed E-state index contributed by atoms with van der Waals surface area (Å²) in [6.45, 7) is 1.55. The molecule has 0 unspecified atom stereocenters. The molecular formula is C12H15ClN2O. The molecule has 0 radical (unpaired) electrons. The third-order valence-corrected chi connectivity index (χ3v) is 2.57. The number of methoxy groups -OCH3 is 1. The van der Waals surface area contributed by atoms with Crippen LogP contribution in [0.15, 0.2) is 18.2 Å². The summed E-state index contributed by atoms with van der Waals surface area (Å²) in [5.74, 6) is 0.762. The molecule has 0 saturated heterocycles. The number of nitrogens with zero attached hydrogens (tertiary/aromatic N) is 1. The van der Waals surface area contributed by atoms with Gasteiger partial charge in [-0.2, -0.15) is 5.26 Å². The average molecular weight is 239 g/mol. The van der Waals surface area contributed by atoms with Crippen LogP contribution in [-0.2, 0) is 6.54 Å². The van der Waals surface area contributed by atoms with Crippen molar-refractivity contribution in [1.82, 2.24) is 5.32 Å². The van der Waals surface area contributed by atoms with Crippen LogP contribution >= 0.6 is 11.6 Å². The Labute approximate surface area is 101 Å². The standard InChI is InChI=1S/C12H15ClN2O/c1-16-11-5-4-10(12(13)8-11)9-15-7-3-2-6-14/h4-5,8,15H,2-3,7,9H2,1H3. The minimum absolute atomic E-state index is 0.587. The van der Waals surface area contributed by atoms with E-state index in [0.717, 1.165) is 24.3 Å². The molecule has 16 heavy (non-hydrogen) atoms. The molecule has 0 saturated carbocycles. The van der Waals surface area contributed by atoms with Gasteiger partial charge >= 0.3 is 0 Å². The monoisotopic (exact) mass is 238 g/mol. The number of halogens is 1. The molecule has 4 heteroatoms. The maximum absolute atomic E-state index is 8.37. The Morgan fingerprint density at radius 1 is 1.50 bits per heavy atom. The number of rotatable bonds is 6. The maximum atomic E-state index is 8.37. The van der Waals surface area contributed by atoms with E-state index in [9.17, 15) is 0 Å². The van der Waals surface area contributed by atoms with Crippen molar-refractivity contribution in [2.24, 2.45) is 0 Å². The SMILES string of the molecule is COc1ccc(CNCCCC#N)c(Cl)c1. The third kappa shape index (κ3) is 4.09. The van der Waals surface area contributed by atoms with E-state index in [0.29, 0.717) is 18.0 Å². The van der Waals surface area contributed by atoms with Crippen molar-refractivity contribution in [2.75, 3.05) is 13.7 Å². The predicted octanol–water partition coefficient (Wildman–Crippen LogP) is 2.74. The Bertz CT molecular complexity index is 374. The lowest BCUT2D eigenvalue weighted by Gasteiger charge is -2.07. The van der Waals surface area contributed by atoms with Gasteiger partial charge in [0, 0.05) is 18.0 Å². The molecule has 0 aromatic heterocycles. The number of unbranched alkanes of at least 4 members (excludes halogenated alkanes) is 1. The Hall–Kier alpha value is -1.24. The molecule has 86 valence electrons. The van der Waals surface area contributed by atoms with Gasteiger partial charge in [0.1, 0.15) is 5.75 Å². The summed E-state index contributed by atoms with van der Waals surface area (Å²) in [5, 5.41) is 12.3. The van der Waals surface area contributed by atoms with Crippen molar-refractivity contribution in [2.45, 2.75) is 19.4 Å². The fraction of sp³-hybridized carbons (Fsp3) is 0.417. The van der Waals surface area contributed by atoms with Crippen LogP contribution in [-0.4, -0.2) is 13.7 Å². The van der Waals surface area contributed by atoms with Crippen molar-refractivity contribution in [3.05, 3.63) is 28.8 Å². The van der Waals surface area contributed by atoms with Gasteiger partial charge in [-0.15, -0.1) is 0 Å². The molecule has 0 spiro atoms. The van der Waals surface area contributed by atoms with Crippen LogP contribution in [0.2, 0.25) is 5.02 Å². The second kappa shape index (κ2) is 7.10. The Morgan fingerprint density at radius 3 is 2.94 bits per heavy atom. The van der Waals surface area contributed by atoms with Crippen molar-refractivity contribution in [3.63, 3.8) is 0 Å². The highest BCUT2D eigenvalue weighted by Gasteiger charge is 2.01. The minimum atomic E-state index is 0.587. The van der Waals surface area contributed by atoms with Gasteiger partial charge in [-0.05, 0) is 30.7 Å². The minimum Gasteiger partial charge on any atom is -0.497 e. The van der Waals surface area contributed by atoms with Crippen LogP contribution in [0.5, 0.6) is 5.75 Å². The normalized spacial score (nSPS) is 9.81. The first-order chi connectivity index (χ1) is 7.77. The van der Waals surface area contributed by atoms with Crippen LogP contribution in [0.25, 0.3) is 0 Å². The largest absolute Gasteiger partial charge is 0.497 e. The molecule has 1 N–H and O–H groups in total. The number of hydrogen-bond donors (Lipinski definition) is 1. The van der Waals surface area contributed by atoms with Crippen molar-refractivity contribution < 1.29 is 4.74 Å². The lowest BCUT2D eigenvalue weighted by atomic mass is 10.2. The molecule has 0 aliphatic heterocycles. The number of ether oxygens (including phenoxy) is 1. The molecule has 1 rings (SSSR count). The van der Waals surface area contributed by atoms with Crippen LogP contribution in [0.4, 0.5) is 0 Å². The average Bonchev–Trinajstić information content (AvgIpc) is 2.30. The lowest BCUT2D eigenvalue weighted by molar-refractivity contribution is 0.414. The van der Waals surface area contributed by atoms with E-state index in [1.165, 1.54) is 0 Å². The molecule has 1 aromatic carbocycles. The second-order valence-electron chi connectivity index (χ2n) is 3.40. The van der Waals surface area contributed by atoms with Gasteiger partial charge in [0.25, 0.3) is 0 Å². The zero-order valence-electron chi connectivity index (χ0n) is 9.29. The van der Waals surface area contributed by atoms with E-state index < -0.39 is 0 Å². The van der Waals surface area contributed by atoms with Gasteiger partial charge in [-0.1, -0.05) is 17.7 Å². The van der Waals surface area contributed by atoms with Gasteiger partial charge in [0.15, 0.2) is 0 Å². The highest BCUT2D eigenvalue weighted by molar-refractivity contribution is 6.31. The highest BCUT2D eigenvalue weighted by atomic mass is 35.5. The summed E-state index contributed by atoms with van der Waals surface area (Å²) in [7, 11) is 1.62. The molecule has 0 aliphatic carbocycles. The van der Waals surface area contributed by atoms with E-state index in [1.807, 2.05) is 12.1 Å². The van der Waals surface area contributed by atoms with Gasteiger partial charge in [0.2, 0.25) is 0 Å². The summed E-state index contributed by atoms with van der Waals surface area (Å²) in [4.78, 5) is 0. The molecule has 3 nitrogen and oxygen atoms in total. The number of nitriles is 1. The fourth-order valence-corrected chi connectivity index (χ4v) is 1.55. The van der Waals surface area contributed by atoms with E-state index in [1.54, 1.807) is 13.2 Å². The smallest absolute Gasteiger partial charge is 0.120 e. The van der Waals surface area contributed by atoms with Crippen molar-refractivity contribution >= 4 is 11.6 Å². The predicted molar refractivity (Wildman–Crippen MR) is 64.6 cm³/mol. The summed E-state index contributed by atoms with van der Waals surface area (Å²) in [5.41, 5.74) is 1.04. The summed E-state index contributed by atoms with van der Waals surface area (Å²) in [6.07, 6.45) is 1.45. The number of hydrogen-bond acceptors (Lipinski definition) is 3. The molecule has 1 aromatic rings. The van der Waals surface area contributed by atoms with Gasteiger partial charge in [-0.25, -0.2) is 0 Å². The first kappa shape index (κ1) is 12.8. The fourth-order valence-electron chi connectivity index (χ4n) is 1.31. The van der Waals surface area contributed by atoms with Crippen LogP contribution in [0.3, 0.4) is 0 Å². The molecule has 0 fully saturated rings. The first-order valence-electron chi connectivity index (χ1n) is 5.18. The van der Waals surface area contributed by atoms with E-state index in [-0.39, 0.29) is 0 Å². The molecule has 0 bridgehead atoms. The second-order valence-corrected chi connectivity index (χ2v) is 3.80. The molecule has 0 heterocycles. The quantitative estimate of drug-likeness (QED) is 0.776. The van der Waals surface area contributed by atoms with Crippen molar-refractivity contribution in [1.29, 1.82) is 5.26 Å². The van der Waals surface area contributed by atoms with E-state index in [4.69, 9.17) is 21.6 Å². The highest BCUT2D eigenvalue weighted by Crippen LogP contribution is 2.22. The molecular weight excluding hydrogens is 224 g/mol. The van der Waals surface area contributed by atoms with E-state index in [2.05, 4.69) is 11.4 Å². The zero-order chi connectivity index (χ0) is 11.8. The van der Waals surface area contributed by atoms with E-state index >= 15 is 0 Å². The van der Waals surface area contributed by atoms with Gasteiger partial charge < -0.3 is 10.1 Å². The summed E-state index contributed by atoms with van der Waals surface area (Å²) < 4.78 is 5.07. The van der Waals surface area contributed by atoms with Crippen molar-refractivity contribution in [3.8, 4) is 11.8 Å². The molecule has 0 aliphatic rings. The Kier molecular flexibility index (Phi) is 5.69. The maximum Gasteiger partial charge on any atom is 0.120 e. The number of benzene rings is 1. The zero-order valence-corrected chi connectivity index (χ0v) is 10.0. The first-order valence-corrected chi connectivity index (χ1v) is 5.56. The van der Waals surface area contributed by atoms with Gasteiger partial charge in [0.05, 0.1) is 13.2 Å². The number of nitrogens with one attached hydrogen (secondary N) is 1. The van der Waals surface area contributed by atoms with Gasteiger partial charge in [-0.3, -0.25) is 0 Å².